The molecule has 62 valence electrons. The van der Waals surface area contributed by atoms with Crippen molar-refractivity contribution in [1.29, 1.82) is 0 Å². The fraction of sp³-hybridized carbons (Fsp3) is 0.250. The maximum Gasteiger partial charge on any atom is 0.260 e. The SMILES string of the molecule is Cc1cc(N)c2c(C)noc2n1. The fourth-order valence-electron chi connectivity index (χ4n) is 1.26. The largest absolute Gasteiger partial charge is 0.398 e. The lowest BCUT2D eigenvalue weighted by Gasteiger charge is -1.95. The van der Waals surface area contributed by atoms with Crippen LogP contribution in [0.5, 0.6) is 0 Å². The van der Waals surface area contributed by atoms with E-state index < -0.39 is 0 Å². The molecule has 2 heterocycles. The molecule has 0 saturated heterocycles. The zero-order chi connectivity index (χ0) is 8.72. The van der Waals surface area contributed by atoms with Crippen molar-refractivity contribution in [1.82, 2.24) is 10.1 Å². The second kappa shape index (κ2) is 2.20. The molecule has 4 heteroatoms. The van der Waals surface area contributed by atoms with Crippen molar-refractivity contribution in [2.45, 2.75) is 13.8 Å². The van der Waals surface area contributed by atoms with Gasteiger partial charge in [0.1, 0.15) is 0 Å². The van der Waals surface area contributed by atoms with Crippen LogP contribution in [0.25, 0.3) is 11.1 Å². The highest BCUT2D eigenvalue weighted by atomic mass is 16.5. The van der Waals surface area contributed by atoms with Crippen molar-refractivity contribution in [2.75, 3.05) is 5.73 Å². The number of rotatable bonds is 0. The number of hydrogen-bond acceptors (Lipinski definition) is 4. The van der Waals surface area contributed by atoms with Crippen molar-refractivity contribution >= 4 is 16.8 Å². The lowest BCUT2D eigenvalue weighted by molar-refractivity contribution is 0.442. The highest BCUT2D eigenvalue weighted by Crippen LogP contribution is 2.22. The summed E-state index contributed by atoms with van der Waals surface area (Å²) >= 11 is 0. The van der Waals surface area contributed by atoms with Crippen LogP contribution in [0.2, 0.25) is 0 Å². The molecule has 2 aromatic heterocycles. The fourth-order valence-corrected chi connectivity index (χ4v) is 1.26. The van der Waals surface area contributed by atoms with Crippen molar-refractivity contribution in [3.63, 3.8) is 0 Å². The Morgan fingerprint density at radius 1 is 1.42 bits per heavy atom. The summed E-state index contributed by atoms with van der Waals surface area (Å²) in [4.78, 5) is 4.15. The van der Waals surface area contributed by atoms with Gasteiger partial charge in [0.2, 0.25) is 0 Å². The van der Waals surface area contributed by atoms with Gasteiger partial charge in [0.05, 0.1) is 11.1 Å². The molecule has 0 radical (unpaired) electrons. The summed E-state index contributed by atoms with van der Waals surface area (Å²) < 4.78 is 4.97. The number of aromatic nitrogens is 2. The van der Waals surface area contributed by atoms with Gasteiger partial charge in [0.25, 0.3) is 5.71 Å². The summed E-state index contributed by atoms with van der Waals surface area (Å²) in [5, 5.41) is 4.60. The maximum absolute atomic E-state index is 5.76. The molecule has 0 aliphatic carbocycles. The van der Waals surface area contributed by atoms with Gasteiger partial charge in [-0.25, -0.2) is 4.98 Å². The molecule has 0 bridgehead atoms. The number of anilines is 1. The molecule has 0 atom stereocenters. The van der Waals surface area contributed by atoms with E-state index in [2.05, 4.69) is 10.1 Å². The zero-order valence-electron chi connectivity index (χ0n) is 6.96. The van der Waals surface area contributed by atoms with E-state index in [-0.39, 0.29) is 0 Å². The molecule has 0 fully saturated rings. The summed E-state index contributed by atoms with van der Waals surface area (Å²) in [5.74, 6) is 0. The van der Waals surface area contributed by atoms with Gasteiger partial charge in [-0.1, -0.05) is 5.16 Å². The third-order valence-electron chi connectivity index (χ3n) is 1.78. The first-order valence-corrected chi connectivity index (χ1v) is 3.67. The number of nitrogen functional groups attached to an aromatic ring is 1. The quantitative estimate of drug-likeness (QED) is 0.637. The molecule has 0 spiro atoms. The predicted octanol–water partition coefficient (Wildman–Crippen LogP) is 1.42. The predicted molar refractivity (Wildman–Crippen MR) is 45.7 cm³/mol. The van der Waals surface area contributed by atoms with E-state index in [0.717, 1.165) is 16.8 Å². The monoisotopic (exact) mass is 163 g/mol. The van der Waals surface area contributed by atoms with Gasteiger partial charge in [0, 0.05) is 11.4 Å². The van der Waals surface area contributed by atoms with Gasteiger partial charge < -0.3 is 10.3 Å². The van der Waals surface area contributed by atoms with Crippen LogP contribution >= 0.6 is 0 Å². The Kier molecular flexibility index (Phi) is 1.30. The number of nitrogens with zero attached hydrogens (tertiary/aromatic N) is 2. The Morgan fingerprint density at radius 2 is 2.17 bits per heavy atom. The second-order valence-corrected chi connectivity index (χ2v) is 2.80. The summed E-state index contributed by atoms with van der Waals surface area (Å²) in [6, 6.07) is 1.81. The molecule has 2 N–H and O–H groups in total. The topological polar surface area (TPSA) is 64.9 Å². The summed E-state index contributed by atoms with van der Waals surface area (Å²) in [7, 11) is 0. The summed E-state index contributed by atoms with van der Waals surface area (Å²) in [6.07, 6.45) is 0. The highest BCUT2D eigenvalue weighted by Gasteiger charge is 2.08. The molecule has 0 saturated carbocycles. The first kappa shape index (κ1) is 7.09. The molecular formula is C8H9N3O. The van der Waals surface area contributed by atoms with E-state index in [0.29, 0.717) is 11.4 Å². The molecule has 12 heavy (non-hydrogen) atoms. The normalized spacial score (nSPS) is 10.8. The van der Waals surface area contributed by atoms with Gasteiger partial charge in [-0.3, -0.25) is 0 Å². The van der Waals surface area contributed by atoms with Crippen molar-refractivity contribution in [3.8, 4) is 0 Å². The molecule has 4 nitrogen and oxygen atoms in total. The second-order valence-electron chi connectivity index (χ2n) is 2.80. The Balaban J connectivity index is 2.93. The van der Waals surface area contributed by atoms with Gasteiger partial charge >= 0.3 is 0 Å². The number of nitrogens with two attached hydrogens (primary N) is 1. The molecule has 0 aliphatic heterocycles. The third-order valence-corrected chi connectivity index (χ3v) is 1.78. The molecule has 2 rings (SSSR count). The molecule has 2 aromatic rings. The number of pyridine rings is 1. The maximum atomic E-state index is 5.76. The average Bonchev–Trinajstić information content (AvgIpc) is 2.31. The molecule has 0 aromatic carbocycles. The number of aryl methyl sites for hydroxylation is 2. The smallest absolute Gasteiger partial charge is 0.260 e. The minimum absolute atomic E-state index is 0.519. The van der Waals surface area contributed by atoms with Gasteiger partial charge in [-0.2, -0.15) is 0 Å². The molecule has 0 amide bonds. The Labute approximate surface area is 69.4 Å². The van der Waals surface area contributed by atoms with Crippen LogP contribution in [0, 0.1) is 13.8 Å². The standard InChI is InChI=1S/C8H9N3O/c1-4-3-6(9)7-5(2)11-12-8(7)10-4/h3H,1-2H3,(H2,9,10). The Hall–Kier alpha value is -1.58. The van der Waals surface area contributed by atoms with Gasteiger partial charge in [-0.15, -0.1) is 0 Å². The number of fused-ring (bicyclic) bond motifs is 1. The van der Waals surface area contributed by atoms with Crippen LogP contribution in [0.15, 0.2) is 10.6 Å². The van der Waals surface area contributed by atoms with Crippen molar-refractivity contribution < 1.29 is 4.52 Å². The molecule has 0 unspecified atom stereocenters. The summed E-state index contributed by atoms with van der Waals surface area (Å²) in [6.45, 7) is 3.72. The van der Waals surface area contributed by atoms with Crippen LogP contribution in [0.4, 0.5) is 5.69 Å². The Bertz CT molecular complexity index is 433. The molecule has 0 aliphatic rings. The third kappa shape index (κ3) is 0.845. The van der Waals surface area contributed by atoms with E-state index >= 15 is 0 Å². The van der Waals surface area contributed by atoms with Crippen LogP contribution in [-0.4, -0.2) is 10.1 Å². The van der Waals surface area contributed by atoms with Crippen molar-refractivity contribution in [2.24, 2.45) is 0 Å². The van der Waals surface area contributed by atoms with E-state index in [1.54, 1.807) is 0 Å². The van der Waals surface area contributed by atoms with E-state index in [9.17, 15) is 0 Å². The Morgan fingerprint density at radius 3 is 2.92 bits per heavy atom. The zero-order valence-corrected chi connectivity index (χ0v) is 6.96. The van der Waals surface area contributed by atoms with E-state index in [4.69, 9.17) is 10.3 Å². The lowest BCUT2D eigenvalue weighted by Crippen LogP contribution is -1.90. The van der Waals surface area contributed by atoms with E-state index in [1.165, 1.54) is 0 Å². The van der Waals surface area contributed by atoms with Crippen LogP contribution in [-0.2, 0) is 0 Å². The van der Waals surface area contributed by atoms with Gasteiger partial charge in [0.15, 0.2) is 0 Å². The summed E-state index contributed by atoms with van der Waals surface area (Å²) in [5.41, 5.74) is 8.59. The van der Waals surface area contributed by atoms with Crippen LogP contribution < -0.4 is 5.73 Å². The minimum atomic E-state index is 0.519. The minimum Gasteiger partial charge on any atom is -0.398 e. The van der Waals surface area contributed by atoms with Crippen LogP contribution in [0.3, 0.4) is 0 Å². The highest BCUT2D eigenvalue weighted by molar-refractivity contribution is 5.88. The first-order valence-electron chi connectivity index (χ1n) is 3.67. The van der Waals surface area contributed by atoms with Gasteiger partial charge in [-0.05, 0) is 19.9 Å². The first-order chi connectivity index (χ1) is 5.68. The van der Waals surface area contributed by atoms with Crippen LogP contribution in [0.1, 0.15) is 11.4 Å². The average molecular weight is 163 g/mol. The lowest BCUT2D eigenvalue weighted by atomic mass is 10.2. The van der Waals surface area contributed by atoms with E-state index in [1.807, 2.05) is 19.9 Å². The number of hydrogen-bond donors (Lipinski definition) is 1. The molecular weight excluding hydrogens is 154 g/mol. The van der Waals surface area contributed by atoms with Crippen molar-refractivity contribution in [3.05, 3.63) is 17.5 Å².